The highest BCUT2D eigenvalue weighted by Crippen LogP contribution is 2.26. The van der Waals surface area contributed by atoms with Crippen molar-refractivity contribution >= 4 is 8.56 Å². The van der Waals surface area contributed by atoms with Gasteiger partial charge in [-0.3, -0.25) is 0 Å². The fourth-order valence-electron chi connectivity index (χ4n) is 3.29. The number of nitrogens with two attached hydrogens (primary N) is 2. The molecule has 0 unspecified atom stereocenters. The lowest BCUT2D eigenvalue weighted by atomic mass is 10.1. The van der Waals surface area contributed by atoms with Crippen LogP contribution in [-0.2, 0) is 8.85 Å². The van der Waals surface area contributed by atoms with E-state index in [1.54, 1.807) is 0 Å². The Kier molecular flexibility index (Phi) is 18.9. The predicted molar refractivity (Wildman–Crippen MR) is 112 cm³/mol. The van der Waals surface area contributed by atoms with Gasteiger partial charge in [0.25, 0.3) is 0 Å². The largest absolute Gasteiger partial charge is 0.393 e. The van der Waals surface area contributed by atoms with Crippen LogP contribution in [0.1, 0.15) is 90.9 Å². The molecule has 0 radical (unpaired) electrons. The molecule has 0 atom stereocenters. The van der Waals surface area contributed by atoms with E-state index in [-0.39, 0.29) is 0 Å². The summed E-state index contributed by atoms with van der Waals surface area (Å²) in [6, 6.07) is 2.21. The summed E-state index contributed by atoms with van der Waals surface area (Å²) in [5, 5.41) is 0. The zero-order valence-electron chi connectivity index (χ0n) is 17.2. The summed E-state index contributed by atoms with van der Waals surface area (Å²) in [4.78, 5) is 0. The van der Waals surface area contributed by atoms with Crippen LogP contribution in [0.4, 0.5) is 0 Å². The molecule has 0 heterocycles. The van der Waals surface area contributed by atoms with E-state index in [0.29, 0.717) is 26.3 Å². The Bertz CT molecular complexity index is 242. The Morgan fingerprint density at radius 3 is 1.28 bits per heavy atom. The van der Waals surface area contributed by atoms with Gasteiger partial charge in [-0.15, -0.1) is 0 Å². The Morgan fingerprint density at radius 1 is 0.560 bits per heavy atom. The Labute approximate surface area is 158 Å². The SMILES string of the molecule is CCCCCCCC[Si](CCCCCCCC)(OCCN)OCCN. The van der Waals surface area contributed by atoms with E-state index in [2.05, 4.69) is 13.8 Å². The maximum atomic E-state index is 6.27. The minimum atomic E-state index is -2.13. The quantitative estimate of drug-likeness (QED) is 0.230. The summed E-state index contributed by atoms with van der Waals surface area (Å²) in [7, 11) is -2.13. The van der Waals surface area contributed by atoms with Crippen molar-refractivity contribution in [3.05, 3.63) is 0 Å². The smallest absolute Gasteiger partial charge is 0.338 e. The summed E-state index contributed by atoms with van der Waals surface area (Å²) in [6.07, 6.45) is 15.7. The predicted octanol–water partition coefficient (Wildman–Crippen LogP) is 5.10. The summed E-state index contributed by atoms with van der Waals surface area (Å²) < 4.78 is 12.5. The lowest BCUT2D eigenvalue weighted by Gasteiger charge is -2.31. The molecular formula is C20H46N2O2Si. The fraction of sp³-hybridized carbons (Fsp3) is 1.00. The molecule has 152 valence electrons. The molecule has 0 amide bonds. The summed E-state index contributed by atoms with van der Waals surface area (Å²) >= 11 is 0. The molecule has 0 saturated heterocycles. The van der Waals surface area contributed by atoms with E-state index in [4.69, 9.17) is 20.3 Å². The van der Waals surface area contributed by atoms with Crippen LogP contribution in [0.25, 0.3) is 0 Å². The third kappa shape index (κ3) is 14.9. The normalized spacial score (nSPS) is 12.0. The first-order valence-electron chi connectivity index (χ1n) is 10.9. The minimum absolute atomic E-state index is 0.577. The molecular weight excluding hydrogens is 328 g/mol. The van der Waals surface area contributed by atoms with Crippen LogP contribution < -0.4 is 11.5 Å². The average Bonchev–Trinajstić information content (AvgIpc) is 2.63. The molecule has 5 heteroatoms. The van der Waals surface area contributed by atoms with Gasteiger partial charge in [-0.2, -0.15) is 0 Å². The topological polar surface area (TPSA) is 70.5 Å². The van der Waals surface area contributed by atoms with Crippen molar-refractivity contribution in [2.45, 2.75) is 103 Å². The molecule has 25 heavy (non-hydrogen) atoms. The number of unbranched alkanes of at least 4 members (excludes halogenated alkanes) is 10. The van der Waals surface area contributed by atoms with Crippen LogP contribution in [0.3, 0.4) is 0 Å². The van der Waals surface area contributed by atoms with Gasteiger partial charge in [0.1, 0.15) is 0 Å². The molecule has 0 aromatic heterocycles. The third-order valence-electron chi connectivity index (χ3n) is 4.79. The van der Waals surface area contributed by atoms with Crippen LogP contribution >= 0.6 is 0 Å². The second-order valence-corrected chi connectivity index (χ2v) is 10.6. The van der Waals surface area contributed by atoms with Crippen molar-refractivity contribution in [2.75, 3.05) is 26.3 Å². The molecule has 0 aliphatic heterocycles. The van der Waals surface area contributed by atoms with Gasteiger partial charge in [-0.1, -0.05) is 90.9 Å². The maximum absolute atomic E-state index is 6.27. The lowest BCUT2D eigenvalue weighted by Crippen LogP contribution is -2.44. The van der Waals surface area contributed by atoms with Gasteiger partial charge >= 0.3 is 8.56 Å². The molecule has 0 fully saturated rings. The molecule has 4 N–H and O–H groups in total. The zero-order valence-corrected chi connectivity index (χ0v) is 18.2. The fourth-order valence-corrected chi connectivity index (χ4v) is 6.76. The van der Waals surface area contributed by atoms with Crippen LogP contribution in [0.15, 0.2) is 0 Å². The van der Waals surface area contributed by atoms with Crippen molar-refractivity contribution in [3.63, 3.8) is 0 Å². The second kappa shape index (κ2) is 18.8. The van der Waals surface area contributed by atoms with Gasteiger partial charge < -0.3 is 20.3 Å². The van der Waals surface area contributed by atoms with E-state index in [0.717, 1.165) is 12.1 Å². The first-order chi connectivity index (χ1) is 12.2. The standard InChI is InChI=1S/C20H46N2O2Si/c1-3-5-7-9-11-13-19-25(23-17-15-21,24-18-16-22)20-14-12-10-8-6-4-2/h3-22H2,1-2H3. The minimum Gasteiger partial charge on any atom is -0.393 e. The molecule has 0 aliphatic rings. The van der Waals surface area contributed by atoms with E-state index >= 15 is 0 Å². The van der Waals surface area contributed by atoms with Crippen molar-refractivity contribution in [1.82, 2.24) is 0 Å². The van der Waals surface area contributed by atoms with Gasteiger partial charge in [0.15, 0.2) is 0 Å². The van der Waals surface area contributed by atoms with Gasteiger partial charge in [-0.25, -0.2) is 0 Å². The zero-order chi connectivity index (χ0) is 18.6. The average molecular weight is 375 g/mol. The first kappa shape index (κ1) is 25.1. The highest BCUT2D eigenvalue weighted by atomic mass is 28.4. The van der Waals surface area contributed by atoms with Crippen LogP contribution in [0.5, 0.6) is 0 Å². The van der Waals surface area contributed by atoms with Crippen molar-refractivity contribution < 1.29 is 8.85 Å². The molecule has 0 aromatic carbocycles. The number of hydrogen-bond acceptors (Lipinski definition) is 4. The van der Waals surface area contributed by atoms with E-state index in [1.807, 2.05) is 0 Å². The number of rotatable bonds is 20. The maximum Gasteiger partial charge on any atom is 0.338 e. The molecule has 0 bridgehead atoms. The van der Waals surface area contributed by atoms with Crippen molar-refractivity contribution in [3.8, 4) is 0 Å². The first-order valence-corrected chi connectivity index (χ1v) is 13.2. The Balaban J connectivity index is 4.35. The summed E-state index contributed by atoms with van der Waals surface area (Å²) in [5.74, 6) is 0. The van der Waals surface area contributed by atoms with Crippen molar-refractivity contribution in [1.29, 1.82) is 0 Å². The van der Waals surface area contributed by atoms with Gasteiger partial charge in [0, 0.05) is 26.3 Å². The van der Waals surface area contributed by atoms with Gasteiger partial charge in [0.05, 0.1) is 0 Å². The van der Waals surface area contributed by atoms with Crippen LogP contribution in [0.2, 0.25) is 12.1 Å². The van der Waals surface area contributed by atoms with Gasteiger partial charge in [0.2, 0.25) is 0 Å². The van der Waals surface area contributed by atoms with E-state index < -0.39 is 8.56 Å². The highest BCUT2D eigenvalue weighted by Gasteiger charge is 2.36. The molecule has 0 aromatic rings. The van der Waals surface area contributed by atoms with Crippen LogP contribution in [0, 0.1) is 0 Å². The molecule has 0 saturated carbocycles. The lowest BCUT2D eigenvalue weighted by molar-refractivity contribution is 0.173. The Hall–Kier alpha value is 0.0569. The molecule has 4 nitrogen and oxygen atoms in total. The Morgan fingerprint density at radius 2 is 0.920 bits per heavy atom. The summed E-state index contributed by atoms with van der Waals surface area (Å²) in [5.41, 5.74) is 11.4. The summed E-state index contributed by atoms with van der Waals surface area (Å²) in [6.45, 7) is 6.94. The molecule has 0 spiro atoms. The monoisotopic (exact) mass is 374 g/mol. The molecule has 0 rings (SSSR count). The molecule has 0 aliphatic carbocycles. The van der Waals surface area contributed by atoms with Gasteiger partial charge in [-0.05, 0) is 12.1 Å². The van der Waals surface area contributed by atoms with E-state index in [9.17, 15) is 0 Å². The highest BCUT2D eigenvalue weighted by molar-refractivity contribution is 6.67. The van der Waals surface area contributed by atoms with E-state index in [1.165, 1.54) is 77.0 Å². The second-order valence-electron chi connectivity index (χ2n) is 7.22. The third-order valence-corrected chi connectivity index (χ3v) is 8.48. The van der Waals surface area contributed by atoms with Crippen molar-refractivity contribution in [2.24, 2.45) is 11.5 Å². The van der Waals surface area contributed by atoms with Crippen LogP contribution in [-0.4, -0.2) is 34.9 Å². The number of hydrogen-bond donors (Lipinski definition) is 2.